The van der Waals surface area contributed by atoms with Crippen LogP contribution in [0.3, 0.4) is 0 Å². The van der Waals surface area contributed by atoms with E-state index in [9.17, 15) is 14.4 Å². The number of allylic oxidation sites excluding steroid dienone is 2. The van der Waals surface area contributed by atoms with Gasteiger partial charge in [-0.3, -0.25) is 4.79 Å². The maximum absolute atomic E-state index is 13.1. The molecule has 1 aliphatic rings. The fraction of sp³-hybridized carbons (Fsp3) is 0.125. The molecule has 0 saturated heterocycles. The molecule has 0 fully saturated rings. The van der Waals surface area contributed by atoms with Crippen LogP contribution in [0.5, 0.6) is 0 Å². The van der Waals surface area contributed by atoms with E-state index in [0.29, 0.717) is 16.4 Å². The van der Waals surface area contributed by atoms with Crippen molar-refractivity contribution in [2.75, 3.05) is 24.4 Å². The van der Waals surface area contributed by atoms with E-state index in [0.717, 1.165) is 5.56 Å². The number of methoxy groups -OCH3 is 2. The number of carbonyl (C=O) groups is 3. The summed E-state index contributed by atoms with van der Waals surface area (Å²) in [6, 6.07) is 11.9. The zero-order valence-corrected chi connectivity index (χ0v) is 18.5. The molecule has 3 rings (SSSR count). The standard InChI is InChI=1S/C24H21ClN2O5/c1-15-11-12-16(14-19(15)25)26-22(28)17-8-4-5-10-20(17)27-13-7-6-9-18(23(29)31-2)21(27)24(30)32-3/h4-14H,1-3H3,(H,26,28). The Kier molecular flexibility index (Phi) is 7.12. The lowest BCUT2D eigenvalue weighted by atomic mass is 10.1. The summed E-state index contributed by atoms with van der Waals surface area (Å²) in [4.78, 5) is 39.6. The van der Waals surface area contributed by atoms with Crippen LogP contribution in [-0.2, 0) is 19.1 Å². The lowest BCUT2D eigenvalue weighted by Gasteiger charge is -2.25. The number of amides is 1. The van der Waals surface area contributed by atoms with E-state index in [1.165, 1.54) is 25.2 Å². The molecule has 0 unspecified atom stereocenters. The fourth-order valence-electron chi connectivity index (χ4n) is 3.10. The maximum Gasteiger partial charge on any atom is 0.355 e. The quantitative estimate of drug-likeness (QED) is 0.677. The molecule has 0 atom stereocenters. The van der Waals surface area contributed by atoms with Crippen molar-refractivity contribution in [1.82, 2.24) is 0 Å². The van der Waals surface area contributed by atoms with E-state index < -0.39 is 17.8 Å². The molecule has 2 aromatic carbocycles. The van der Waals surface area contributed by atoms with Gasteiger partial charge in [0.1, 0.15) is 5.70 Å². The molecule has 1 heterocycles. The Morgan fingerprint density at radius 1 is 0.969 bits per heavy atom. The largest absolute Gasteiger partial charge is 0.465 e. The number of hydrogen-bond donors (Lipinski definition) is 1. The highest BCUT2D eigenvalue weighted by Gasteiger charge is 2.29. The second-order valence-corrected chi connectivity index (χ2v) is 7.16. The smallest absolute Gasteiger partial charge is 0.355 e. The molecule has 1 N–H and O–H groups in total. The summed E-state index contributed by atoms with van der Waals surface area (Å²) in [6.45, 7) is 1.86. The van der Waals surface area contributed by atoms with Gasteiger partial charge in [-0.05, 0) is 48.9 Å². The van der Waals surface area contributed by atoms with Gasteiger partial charge in [0.25, 0.3) is 5.91 Å². The first-order valence-electron chi connectivity index (χ1n) is 9.59. The van der Waals surface area contributed by atoms with Crippen molar-refractivity contribution in [1.29, 1.82) is 0 Å². The summed E-state index contributed by atoms with van der Waals surface area (Å²) in [5.41, 5.74) is 1.95. The number of anilines is 2. The Labute approximate surface area is 190 Å². The molecule has 2 aromatic rings. The first-order valence-corrected chi connectivity index (χ1v) is 9.96. The van der Waals surface area contributed by atoms with Gasteiger partial charge < -0.3 is 19.7 Å². The highest BCUT2D eigenvalue weighted by molar-refractivity contribution is 6.31. The van der Waals surface area contributed by atoms with Gasteiger partial charge in [-0.15, -0.1) is 0 Å². The number of para-hydroxylation sites is 1. The summed E-state index contributed by atoms with van der Waals surface area (Å²) in [5.74, 6) is -1.90. The van der Waals surface area contributed by atoms with Gasteiger partial charge in [0.05, 0.1) is 31.0 Å². The van der Waals surface area contributed by atoms with Gasteiger partial charge in [-0.2, -0.15) is 0 Å². The number of hydrogen-bond acceptors (Lipinski definition) is 6. The predicted molar refractivity (Wildman–Crippen MR) is 122 cm³/mol. The summed E-state index contributed by atoms with van der Waals surface area (Å²) in [7, 11) is 2.43. The lowest BCUT2D eigenvalue weighted by molar-refractivity contribution is -0.139. The van der Waals surface area contributed by atoms with Crippen molar-refractivity contribution in [3.05, 3.63) is 94.3 Å². The zero-order valence-electron chi connectivity index (χ0n) is 17.7. The van der Waals surface area contributed by atoms with Crippen LogP contribution in [0.2, 0.25) is 5.02 Å². The lowest BCUT2D eigenvalue weighted by Crippen LogP contribution is -2.28. The van der Waals surface area contributed by atoms with Gasteiger partial charge in [-0.1, -0.05) is 35.9 Å². The summed E-state index contributed by atoms with van der Waals surface area (Å²) >= 11 is 6.17. The van der Waals surface area contributed by atoms with Crippen LogP contribution in [0.25, 0.3) is 0 Å². The molecular formula is C24H21ClN2O5. The van der Waals surface area contributed by atoms with Crippen LogP contribution in [0.1, 0.15) is 15.9 Å². The Bertz CT molecular complexity index is 1170. The van der Waals surface area contributed by atoms with Gasteiger partial charge in [-0.25, -0.2) is 9.59 Å². The predicted octanol–water partition coefficient (Wildman–Crippen LogP) is 4.39. The molecule has 7 nitrogen and oxygen atoms in total. The molecule has 0 radical (unpaired) electrons. The van der Waals surface area contributed by atoms with Crippen molar-refractivity contribution in [2.45, 2.75) is 6.92 Å². The first-order chi connectivity index (χ1) is 15.4. The normalized spacial score (nSPS) is 12.9. The summed E-state index contributed by atoms with van der Waals surface area (Å²) in [5, 5.41) is 3.34. The van der Waals surface area contributed by atoms with Crippen molar-refractivity contribution in [2.24, 2.45) is 0 Å². The van der Waals surface area contributed by atoms with Crippen molar-refractivity contribution in [3.8, 4) is 0 Å². The second kappa shape index (κ2) is 9.98. The van der Waals surface area contributed by atoms with E-state index >= 15 is 0 Å². The summed E-state index contributed by atoms with van der Waals surface area (Å²) in [6.07, 6.45) is 6.23. The maximum atomic E-state index is 13.1. The Morgan fingerprint density at radius 2 is 1.69 bits per heavy atom. The number of nitrogens with one attached hydrogen (secondary N) is 1. The number of ether oxygens (including phenoxy) is 2. The van der Waals surface area contributed by atoms with Crippen LogP contribution < -0.4 is 10.2 Å². The number of halogens is 1. The zero-order chi connectivity index (χ0) is 23.3. The fourth-order valence-corrected chi connectivity index (χ4v) is 3.28. The topological polar surface area (TPSA) is 84.9 Å². The van der Waals surface area contributed by atoms with E-state index in [4.69, 9.17) is 21.1 Å². The SMILES string of the molecule is COC(=O)C1=C(C(=O)OC)N(c2ccccc2C(=O)Nc2ccc(C)c(Cl)c2)C=CC=C1. The van der Waals surface area contributed by atoms with Crippen molar-refractivity contribution >= 4 is 40.8 Å². The average molecular weight is 453 g/mol. The molecule has 1 aliphatic heterocycles. The number of nitrogens with zero attached hydrogens (tertiary/aromatic N) is 1. The number of aryl methyl sites for hydroxylation is 1. The minimum atomic E-state index is -0.762. The van der Waals surface area contributed by atoms with Crippen LogP contribution in [0, 0.1) is 6.92 Å². The number of esters is 2. The number of rotatable bonds is 5. The van der Waals surface area contributed by atoms with Gasteiger partial charge in [0.15, 0.2) is 0 Å². The third kappa shape index (κ3) is 4.73. The van der Waals surface area contributed by atoms with E-state index in [-0.39, 0.29) is 16.8 Å². The minimum absolute atomic E-state index is 0.00937. The van der Waals surface area contributed by atoms with Gasteiger partial charge in [0.2, 0.25) is 0 Å². The molecule has 32 heavy (non-hydrogen) atoms. The van der Waals surface area contributed by atoms with Crippen molar-refractivity contribution in [3.63, 3.8) is 0 Å². The molecule has 0 saturated carbocycles. The highest BCUT2D eigenvalue weighted by atomic mass is 35.5. The third-order valence-electron chi connectivity index (χ3n) is 4.73. The average Bonchev–Trinajstić information content (AvgIpc) is 3.03. The summed E-state index contributed by atoms with van der Waals surface area (Å²) < 4.78 is 9.74. The third-order valence-corrected chi connectivity index (χ3v) is 5.13. The molecule has 0 aliphatic carbocycles. The molecule has 8 heteroatoms. The van der Waals surface area contributed by atoms with E-state index in [1.54, 1.807) is 60.8 Å². The number of carbonyl (C=O) groups excluding carboxylic acids is 3. The minimum Gasteiger partial charge on any atom is -0.465 e. The second-order valence-electron chi connectivity index (χ2n) is 6.75. The number of benzene rings is 2. The molecule has 0 aromatic heterocycles. The Balaban J connectivity index is 2.09. The van der Waals surface area contributed by atoms with Crippen LogP contribution in [-0.4, -0.2) is 32.1 Å². The molecule has 0 spiro atoms. The van der Waals surface area contributed by atoms with Crippen LogP contribution in [0.15, 0.2) is 78.2 Å². The highest BCUT2D eigenvalue weighted by Crippen LogP contribution is 2.30. The Morgan fingerprint density at radius 3 is 2.38 bits per heavy atom. The Hall–Kier alpha value is -3.84. The van der Waals surface area contributed by atoms with Crippen LogP contribution in [0.4, 0.5) is 11.4 Å². The monoisotopic (exact) mass is 452 g/mol. The van der Waals surface area contributed by atoms with Crippen LogP contribution >= 0.6 is 11.6 Å². The van der Waals surface area contributed by atoms with Gasteiger partial charge in [0, 0.05) is 16.9 Å². The van der Waals surface area contributed by atoms with E-state index in [2.05, 4.69) is 5.32 Å². The van der Waals surface area contributed by atoms with Crippen molar-refractivity contribution < 1.29 is 23.9 Å². The molecule has 1 amide bonds. The first kappa shape index (κ1) is 22.8. The molecular weight excluding hydrogens is 432 g/mol. The molecule has 164 valence electrons. The molecule has 0 bridgehead atoms. The van der Waals surface area contributed by atoms with Gasteiger partial charge >= 0.3 is 11.9 Å². The van der Waals surface area contributed by atoms with E-state index in [1.807, 2.05) is 6.92 Å².